The number of aromatic nitrogens is 3. The van der Waals surface area contributed by atoms with Crippen molar-refractivity contribution in [1.29, 1.82) is 0 Å². The molecule has 1 saturated heterocycles. The number of carbonyl (C=O) groups excluding carboxylic acids is 3. The van der Waals surface area contributed by atoms with Gasteiger partial charge in [0, 0.05) is 50.9 Å². The maximum Gasteiger partial charge on any atom is 0.338 e. The molecule has 0 bridgehead atoms. The second-order valence-electron chi connectivity index (χ2n) is 11.9. The number of hydrogen-bond donors (Lipinski definition) is 2. The highest BCUT2D eigenvalue weighted by molar-refractivity contribution is 7.16. The number of benzene rings is 2. The third-order valence-electron chi connectivity index (χ3n) is 8.39. The number of hydrogen-bond acceptors (Lipinski definition) is 13. The zero-order valence-electron chi connectivity index (χ0n) is 30.0. The monoisotopic (exact) mass is 750 g/mol. The Morgan fingerprint density at radius 1 is 1.11 bits per heavy atom. The Balaban J connectivity index is 1.42. The van der Waals surface area contributed by atoms with E-state index in [1.54, 1.807) is 46.5 Å². The standard InChI is InChI=1S/C35H42N8O9S/c1-5-42-26(17-22(2)39-42)33(45)38-35-41(31-28(49-3)20-24(34(46)50-4)21-29(31)53-35)11-7-6-9-37-30-25(43(47)48)18-23(32(36)44)19-27(30)52-14-8-10-40-12-15-51-16-13-40/h6-7,17-21,37H,5,8-16H2,1-4H3,(H2,36,44)/b7-6+,38-35?. The molecule has 0 aliphatic carbocycles. The zero-order chi connectivity index (χ0) is 38.1. The highest BCUT2D eigenvalue weighted by Gasteiger charge is 2.23. The molecule has 18 heteroatoms. The van der Waals surface area contributed by atoms with E-state index in [9.17, 15) is 24.5 Å². The molecule has 3 N–H and O–H groups in total. The first-order valence-electron chi connectivity index (χ1n) is 16.9. The van der Waals surface area contributed by atoms with Gasteiger partial charge in [0.25, 0.3) is 11.6 Å². The Kier molecular flexibility index (Phi) is 12.9. The first-order valence-corrected chi connectivity index (χ1v) is 17.7. The number of thiazole rings is 1. The van der Waals surface area contributed by atoms with Crippen LogP contribution in [0.2, 0.25) is 0 Å². The molecule has 0 saturated carbocycles. The summed E-state index contributed by atoms with van der Waals surface area (Å²) in [7, 11) is 2.76. The molecule has 5 rings (SSSR count). The van der Waals surface area contributed by atoms with Crippen LogP contribution in [0.3, 0.4) is 0 Å². The number of allylic oxidation sites excluding steroid dienone is 1. The van der Waals surface area contributed by atoms with Gasteiger partial charge in [0.15, 0.2) is 10.5 Å². The third kappa shape index (κ3) is 9.26. The van der Waals surface area contributed by atoms with Crippen molar-refractivity contribution < 1.29 is 38.3 Å². The lowest BCUT2D eigenvalue weighted by Crippen LogP contribution is -2.37. The van der Waals surface area contributed by atoms with E-state index in [4.69, 9.17) is 24.7 Å². The number of nitrogens with two attached hydrogens (primary N) is 1. The molecule has 17 nitrogen and oxygen atoms in total. The molecule has 1 fully saturated rings. The van der Waals surface area contributed by atoms with Gasteiger partial charge in [-0.15, -0.1) is 0 Å². The fourth-order valence-corrected chi connectivity index (χ4v) is 6.91. The molecule has 3 heterocycles. The Hall–Kier alpha value is -5.59. The minimum absolute atomic E-state index is 0.0472. The SMILES string of the molecule is CCn1nc(C)cc1C(=O)N=c1sc2cc(C(=O)OC)cc(OC)c2n1C/C=C/CNc1c(OCCCN2CCOCC2)cc(C(N)=O)cc1[N+](=O)[O-]. The molecule has 53 heavy (non-hydrogen) atoms. The summed E-state index contributed by atoms with van der Waals surface area (Å²) in [6, 6.07) is 7.40. The highest BCUT2D eigenvalue weighted by atomic mass is 32.1. The molecule has 0 radical (unpaired) electrons. The number of aryl methyl sites for hydroxylation is 2. The Morgan fingerprint density at radius 2 is 1.87 bits per heavy atom. The first kappa shape index (κ1) is 38.6. The number of ether oxygens (including phenoxy) is 4. The number of nitrogens with one attached hydrogen (secondary N) is 1. The maximum atomic E-state index is 13.4. The zero-order valence-corrected chi connectivity index (χ0v) is 30.8. The number of amides is 2. The van der Waals surface area contributed by atoms with Gasteiger partial charge in [-0.3, -0.25) is 29.3 Å². The molecular formula is C35H42N8O9S. The average molecular weight is 751 g/mol. The highest BCUT2D eigenvalue weighted by Crippen LogP contribution is 2.36. The van der Waals surface area contributed by atoms with Crippen molar-refractivity contribution in [2.75, 3.05) is 65.5 Å². The van der Waals surface area contributed by atoms with Crippen LogP contribution in [0.4, 0.5) is 11.4 Å². The Labute approximate surface area is 308 Å². The molecule has 2 aromatic heterocycles. The lowest BCUT2D eigenvalue weighted by atomic mass is 10.1. The topological polar surface area (TPSA) is 208 Å². The number of anilines is 1. The molecule has 2 amide bonds. The largest absolute Gasteiger partial charge is 0.494 e. The number of methoxy groups -OCH3 is 2. The summed E-state index contributed by atoms with van der Waals surface area (Å²) >= 11 is 1.20. The number of nitro benzene ring substituents is 1. The van der Waals surface area contributed by atoms with Crippen LogP contribution in [-0.4, -0.2) is 102 Å². The minimum Gasteiger partial charge on any atom is -0.494 e. The van der Waals surface area contributed by atoms with Gasteiger partial charge < -0.3 is 34.6 Å². The molecular weight excluding hydrogens is 708 g/mol. The average Bonchev–Trinajstić information content (AvgIpc) is 3.71. The van der Waals surface area contributed by atoms with Crippen molar-refractivity contribution >= 4 is 50.7 Å². The van der Waals surface area contributed by atoms with Crippen LogP contribution in [0.5, 0.6) is 11.5 Å². The van der Waals surface area contributed by atoms with Crippen LogP contribution in [0, 0.1) is 17.0 Å². The van der Waals surface area contributed by atoms with Crippen molar-refractivity contribution in [3.8, 4) is 11.5 Å². The lowest BCUT2D eigenvalue weighted by Gasteiger charge is -2.26. The maximum absolute atomic E-state index is 13.4. The normalized spacial score (nSPS) is 13.8. The van der Waals surface area contributed by atoms with Gasteiger partial charge in [0.05, 0.1) is 54.9 Å². The summed E-state index contributed by atoms with van der Waals surface area (Å²) in [4.78, 5) is 56.4. The van der Waals surface area contributed by atoms with E-state index in [1.165, 1.54) is 31.6 Å². The molecule has 0 atom stereocenters. The van der Waals surface area contributed by atoms with Crippen LogP contribution >= 0.6 is 11.3 Å². The predicted octanol–water partition coefficient (Wildman–Crippen LogP) is 3.54. The number of nitrogens with zero attached hydrogens (tertiary/aromatic N) is 6. The third-order valence-corrected chi connectivity index (χ3v) is 9.42. The van der Waals surface area contributed by atoms with Crippen molar-refractivity contribution in [1.82, 2.24) is 19.2 Å². The molecule has 0 spiro atoms. The number of carbonyl (C=O) groups is 3. The van der Waals surface area contributed by atoms with Crippen LogP contribution in [0.25, 0.3) is 10.2 Å². The summed E-state index contributed by atoms with van der Waals surface area (Å²) in [5.74, 6) is -1.36. The van der Waals surface area contributed by atoms with Crippen LogP contribution in [0.1, 0.15) is 50.2 Å². The van der Waals surface area contributed by atoms with E-state index >= 15 is 0 Å². The lowest BCUT2D eigenvalue weighted by molar-refractivity contribution is -0.384. The van der Waals surface area contributed by atoms with E-state index in [2.05, 4.69) is 20.3 Å². The van der Waals surface area contributed by atoms with Gasteiger partial charge in [0.1, 0.15) is 22.7 Å². The number of nitro groups is 1. The summed E-state index contributed by atoms with van der Waals surface area (Å²) in [5, 5.41) is 19.5. The summed E-state index contributed by atoms with van der Waals surface area (Å²) in [6.45, 7) is 8.48. The van der Waals surface area contributed by atoms with Gasteiger partial charge in [0.2, 0.25) is 5.91 Å². The molecule has 1 aliphatic heterocycles. The Morgan fingerprint density at radius 3 is 2.55 bits per heavy atom. The van der Waals surface area contributed by atoms with Gasteiger partial charge in [-0.25, -0.2) is 4.79 Å². The molecule has 2 aromatic carbocycles. The summed E-state index contributed by atoms with van der Waals surface area (Å²) in [6.07, 6.45) is 4.20. The van der Waals surface area contributed by atoms with Crippen molar-refractivity contribution in [3.63, 3.8) is 0 Å². The number of esters is 1. The molecule has 0 unspecified atom stereocenters. The van der Waals surface area contributed by atoms with Crippen molar-refractivity contribution in [3.05, 3.63) is 79.9 Å². The molecule has 282 valence electrons. The van der Waals surface area contributed by atoms with E-state index in [0.29, 0.717) is 58.3 Å². The summed E-state index contributed by atoms with van der Waals surface area (Å²) < 4.78 is 25.9. The molecule has 1 aliphatic rings. The minimum atomic E-state index is -0.819. The smallest absolute Gasteiger partial charge is 0.338 e. The second-order valence-corrected chi connectivity index (χ2v) is 12.9. The van der Waals surface area contributed by atoms with E-state index in [-0.39, 0.29) is 47.9 Å². The van der Waals surface area contributed by atoms with Crippen LogP contribution in [0.15, 0.2) is 47.5 Å². The summed E-state index contributed by atoms with van der Waals surface area (Å²) in [5.41, 5.74) is 7.06. The van der Waals surface area contributed by atoms with Gasteiger partial charge in [-0.2, -0.15) is 10.1 Å². The first-order chi connectivity index (χ1) is 25.5. The van der Waals surface area contributed by atoms with Gasteiger partial charge in [-0.1, -0.05) is 23.5 Å². The number of fused-ring (bicyclic) bond motifs is 1. The quantitative estimate of drug-likeness (QED) is 0.0554. The Bertz CT molecular complexity index is 2100. The van der Waals surface area contributed by atoms with Gasteiger partial charge in [-0.05, 0) is 44.5 Å². The molecule has 4 aromatic rings. The van der Waals surface area contributed by atoms with E-state index in [0.717, 1.165) is 25.7 Å². The van der Waals surface area contributed by atoms with Crippen molar-refractivity contribution in [2.45, 2.75) is 33.4 Å². The number of morpholine rings is 1. The van der Waals surface area contributed by atoms with Crippen LogP contribution < -0.4 is 25.3 Å². The number of rotatable bonds is 16. The predicted molar refractivity (Wildman–Crippen MR) is 197 cm³/mol. The fourth-order valence-electron chi connectivity index (χ4n) is 5.82. The van der Waals surface area contributed by atoms with Gasteiger partial charge >= 0.3 is 5.97 Å². The van der Waals surface area contributed by atoms with E-state index in [1.807, 2.05) is 6.92 Å². The number of primary amides is 1. The van der Waals surface area contributed by atoms with Crippen molar-refractivity contribution in [2.24, 2.45) is 10.7 Å². The van der Waals surface area contributed by atoms with Crippen LogP contribution in [-0.2, 0) is 22.6 Å². The fraction of sp³-hybridized carbons (Fsp3) is 0.400. The van der Waals surface area contributed by atoms with E-state index < -0.39 is 22.7 Å². The second kappa shape index (κ2) is 17.8.